The van der Waals surface area contributed by atoms with E-state index in [2.05, 4.69) is 16.1 Å². The number of hydrogen-bond donors (Lipinski definition) is 0. The molecule has 1 saturated heterocycles. The monoisotopic (exact) mass is 214 g/mol. The highest BCUT2D eigenvalue weighted by molar-refractivity contribution is 5.94. The number of carbonyl (C=O) groups excluding carboxylic acids is 2. The van der Waals surface area contributed by atoms with Gasteiger partial charge >= 0.3 is 11.9 Å². The summed E-state index contributed by atoms with van der Waals surface area (Å²) in [7, 11) is 2.52. The highest BCUT2D eigenvalue weighted by Crippen LogP contribution is 2.25. The van der Waals surface area contributed by atoms with Gasteiger partial charge in [-0.2, -0.15) is 0 Å². The van der Waals surface area contributed by atoms with Crippen LogP contribution in [0.25, 0.3) is 0 Å². The predicted molar refractivity (Wildman–Crippen MR) is 51.0 cm³/mol. The van der Waals surface area contributed by atoms with E-state index in [1.165, 1.54) is 14.2 Å². The third kappa shape index (κ3) is 3.06. The highest BCUT2D eigenvalue weighted by Gasteiger charge is 2.35. The quantitative estimate of drug-likeness (QED) is 0.374. The molecule has 0 aromatic carbocycles. The molecule has 0 amide bonds. The number of carbonyl (C=O) groups is 2. The SMILES string of the molecule is C=C(C(=O)OC)C(CC1CO1)C(=O)OC. The van der Waals surface area contributed by atoms with Crippen molar-refractivity contribution in [3.8, 4) is 0 Å². The van der Waals surface area contributed by atoms with Crippen LogP contribution in [-0.2, 0) is 23.8 Å². The van der Waals surface area contributed by atoms with Crippen molar-refractivity contribution in [1.29, 1.82) is 0 Å². The fourth-order valence-corrected chi connectivity index (χ4v) is 1.26. The smallest absolute Gasteiger partial charge is 0.334 e. The zero-order valence-electron chi connectivity index (χ0n) is 8.82. The van der Waals surface area contributed by atoms with Gasteiger partial charge in [0, 0.05) is 5.57 Å². The van der Waals surface area contributed by atoms with Gasteiger partial charge in [-0.15, -0.1) is 0 Å². The molecule has 84 valence electrons. The van der Waals surface area contributed by atoms with Gasteiger partial charge in [-0.05, 0) is 6.42 Å². The molecule has 5 nitrogen and oxygen atoms in total. The minimum Gasteiger partial charge on any atom is -0.469 e. The summed E-state index contributed by atoms with van der Waals surface area (Å²) in [6, 6.07) is 0. The maximum Gasteiger partial charge on any atom is 0.334 e. The molecule has 2 atom stereocenters. The highest BCUT2D eigenvalue weighted by atomic mass is 16.6. The average Bonchev–Trinajstić information content (AvgIpc) is 3.06. The second kappa shape index (κ2) is 4.93. The van der Waals surface area contributed by atoms with Crippen molar-refractivity contribution in [3.05, 3.63) is 12.2 Å². The van der Waals surface area contributed by atoms with Crippen molar-refractivity contribution in [3.63, 3.8) is 0 Å². The van der Waals surface area contributed by atoms with E-state index in [0.717, 1.165) is 0 Å². The molecule has 0 aromatic heterocycles. The lowest BCUT2D eigenvalue weighted by atomic mass is 9.95. The summed E-state index contributed by atoms with van der Waals surface area (Å²) in [5.74, 6) is -1.75. The van der Waals surface area contributed by atoms with Gasteiger partial charge in [0.1, 0.15) is 0 Å². The van der Waals surface area contributed by atoms with Gasteiger partial charge in [0.05, 0.1) is 32.8 Å². The van der Waals surface area contributed by atoms with Crippen LogP contribution in [0.5, 0.6) is 0 Å². The number of ether oxygens (including phenoxy) is 3. The van der Waals surface area contributed by atoms with Gasteiger partial charge in [-0.25, -0.2) is 4.79 Å². The lowest BCUT2D eigenvalue weighted by Gasteiger charge is -2.14. The van der Waals surface area contributed by atoms with Crippen LogP contribution in [-0.4, -0.2) is 38.9 Å². The Hall–Kier alpha value is -1.36. The maximum atomic E-state index is 11.4. The molecule has 2 unspecified atom stereocenters. The Kier molecular flexibility index (Phi) is 3.85. The van der Waals surface area contributed by atoms with Gasteiger partial charge in [-0.1, -0.05) is 6.58 Å². The normalized spacial score (nSPS) is 20.3. The molecule has 0 spiro atoms. The average molecular weight is 214 g/mol. The topological polar surface area (TPSA) is 65.1 Å². The van der Waals surface area contributed by atoms with E-state index in [-0.39, 0.29) is 11.7 Å². The van der Waals surface area contributed by atoms with Crippen molar-refractivity contribution >= 4 is 11.9 Å². The van der Waals surface area contributed by atoms with Crippen LogP contribution in [0.4, 0.5) is 0 Å². The summed E-state index contributed by atoms with van der Waals surface area (Å²) in [5.41, 5.74) is 0.111. The Morgan fingerprint density at radius 1 is 1.47 bits per heavy atom. The van der Waals surface area contributed by atoms with E-state index in [0.29, 0.717) is 13.0 Å². The van der Waals surface area contributed by atoms with Gasteiger partial charge < -0.3 is 14.2 Å². The molecule has 1 heterocycles. The molecule has 0 aromatic rings. The summed E-state index contributed by atoms with van der Waals surface area (Å²) >= 11 is 0. The molecule has 15 heavy (non-hydrogen) atoms. The first-order valence-corrected chi connectivity index (χ1v) is 4.56. The minimum absolute atomic E-state index is 0.0236. The molecule has 1 fully saturated rings. The fraction of sp³-hybridized carbons (Fsp3) is 0.600. The van der Waals surface area contributed by atoms with E-state index in [1.807, 2.05) is 0 Å². The van der Waals surface area contributed by atoms with Crippen molar-refractivity contribution in [1.82, 2.24) is 0 Å². The summed E-state index contributed by atoms with van der Waals surface area (Å²) in [4.78, 5) is 22.6. The molecular weight excluding hydrogens is 200 g/mol. The van der Waals surface area contributed by atoms with Crippen LogP contribution in [0.2, 0.25) is 0 Å². The number of esters is 2. The Bertz CT molecular complexity index is 280. The number of methoxy groups -OCH3 is 2. The van der Waals surface area contributed by atoms with E-state index in [1.54, 1.807) is 0 Å². The standard InChI is InChI=1S/C10H14O5/c1-6(9(11)13-2)8(10(12)14-3)4-7-5-15-7/h7-8H,1,4-5H2,2-3H3. The van der Waals surface area contributed by atoms with Crippen molar-refractivity contribution < 1.29 is 23.8 Å². The molecule has 0 saturated carbocycles. The Morgan fingerprint density at radius 3 is 2.47 bits per heavy atom. The molecule has 0 aliphatic carbocycles. The van der Waals surface area contributed by atoms with Crippen LogP contribution in [0.1, 0.15) is 6.42 Å². The van der Waals surface area contributed by atoms with Crippen molar-refractivity contribution in [2.24, 2.45) is 5.92 Å². The largest absolute Gasteiger partial charge is 0.469 e. The van der Waals surface area contributed by atoms with E-state index in [4.69, 9.17) is 4.74 Å². The second-order valence-corrected chi connectivity index (χ2v) is 3.28. The molecule has 0 bridgehead atoms. The lowest BCUT2D eigenvalue weighted by Crippen LogP contribution is -2.24. The van der Waals surface area contributed by atoms with Crippen molar-refractivity contribution in [2.45, 2.75) is 12.5 Å². The van der Waals surface area contributed by atoms with E-state index >= 15 is 0 Å². The van der Waals surface area contributed by atoms with Gasteiger partial charge in [0.15, 0.2) is 0 Å². The van der Waals surface area contributed by atoms with Crippen LogP contribution in [0.15, 0.2) is 12.2 Å². The number of rotatable bonds is 5. The van der Waals surface area contributed by atoms with E-state index in [9.17, 15) is 9.59 Å². The van der Waals surface area contributed by atoms with Crippen LogP contribution in [0.3, 0.4) is 0 Å². The molecule has 1 aliphatic heterocycles. The van der Waals surface area contributed by atoms with Crippen molar-refractivity contribution in [2.75, 3.05) is 20.8 Å². The first kappa shape index (κ1) is 11.7. The molecule has 1 rings (SSSR count). The Balaban J connectivity index is 2.65. The Labute approximate surface area is 88.0 Å². The first-order chi connectivity index (χ1) is 7.10. The predicted octanol–water partition coefficient (Wildman–Crippen LogP) is 0.294. The zero-order valence-corrected chi connectivity index (χ0v) is 8.82. The van der Waals surface area contributed by atoms with E-state index < -0.39 is 17.9 Å². The molecule has 0 N–H and O–H groups in total. The molecular formula is C10H14O5. The number of epoxide rings is 1. The summed E-state index contributed by atoms with van der Waals surface area (Å²) in [6.45, 7) is 4.16. The fourth-order valence-electron chi connectivity index (χ4n) is 1.26. The Morgan fingerprint density at radius 2 is 2.07 bits per heavy atom. The van der Waals surface area contributed by atoms with Gasteiger partial charge in [-0.3, -0.25) is 4.79 Å². The number of hydrogen-bond acceptors (Lipinski definition) is 5. The van der Waals surface area contributed by atoms with Crippen LogP contribution >= 0.6 is 0 Å². The van der Waals surface area contributed by atoms with Gasteiger partial charge in [0.2, 0.25) is 0 Å². The lowest BCUT2D eigenvalue weighted by molar-refractivity contribution is -0.147. The summed E-state index contributed by atoms with van der Waals surface area (Å²) in [6.07, 6.45) is 0.441. The minimum atomic E-state index is -0.671. The summed E-state index contributed by atoms with van der Waals surface area (Å²) < 4.78 is 14.1. The van der Waals surface area contributed by atoms with Crippen LogP contribution in [0, 0.1) is 5.92 Å². The molecule has 1 aliphatic rings. The zero-order chi connectivity index (χ0) is 11.4. The molecule has 0 radical (unpaired) electrons. The third-order valence-electron chi connectivity index (χ3n) is 2.25. The second-order valence-electron chi connectivity index (χ2n) is 3.28. The molecule has 5 heteroatoms. The summed E-state index contributed by atoms with van der Waals surface area (Å²) in [5, 5.41) is 0. The van der Waals surface area contributed by atoms with Gasteiger partial charge in [0.25, 0.3) is 0 Å². The maximum absolute atomic E-state index is 11.4. The van der Waals surface area contributed by atoms with Crippen LogP contribution < -0.4 is 0 Å². The first-order valence-electron chi connectivity index (χ1n) is 4.56. The third-order valence-corrected chi connectivity index (χ3v) is 2.25.